The van der Waals surface area contributed by atoms with Crippen LogP contribution in [0.15, 0.2) is 60.7 Å². The van der Waals surface area contributed by atoms with E-state index >= 15 is 0 Å². The zero-order valence-corrected chi connectivity index (χ0v) is 23.6. The van der Waals surface area contributed by atoms with Crippen molar-refractivity contribution in [2.24, 2.45) is 0 Å². The van der Waals surface area contributed by atoms with Gasteiger partial charge in [-0.15, -0.1) is 0 Å². The summed E-state index contributed by atoms with van der Waals surface area (Å²) in [4.78, 5) is 28.6. The Balaban J connectivity index is 1.94. The third kappa shape index (κ3) is 8.13. The molecule has 1 N–H and O–H groups in total. The lowest BCUT2D eigenvalue weighted by Crippen LogP contribution is -2.52. The number of carbonyl (C=O) groups excluding carboxylic acids is 2. The van der Waals surface area contributed by atoms with Gasteiger partial charge in [-0.25, -0.2) is 0 Å². The van der Waals surface area contributed by atoms with E-state index in [1.54, 1.807) is 35.2 Å². The van der Waals surface area contributed by atoms with Crippen LogP contribution in [0.5, 0.6) is 5.75 Å². The topological polar surface area (TPSA) is 58.6 Å². The first-order chi connectivity index (χ1) is 17.5. The van der Waals surface area contributed by atoms with Crippen molar-refractivity contribution < 1.29 is 14.3 Å². The van der Waals surface area contributed by atoms with Crippen LogP contribution in [0.3, 0.4) is 0 Å². The fourth-order valence-corrected chi connectivity index (χ4v) is 4.42. The monoisotopic (exact) mass is 560 g/mol. The summed E-state index contributed by atoms with van der Waals surface area (Å²) in [5.41, 5.74) is 3.39. The molecule has 0 aliphatic rings. The van der Waals surface area contributed by atoms with Crippen LogP contribution >= 0.6 is 34.8 Å². The van der Waals surface area contributed by atoms with E-state index in [1.165, 1.54) is 0 Å². The quantitative estimate of drug-likeness (QED) is 0.296. The van der Waals surface area contributed by atoms with Gasteiger partial charge < -0.3 is 15.0 Å². The molecule has 5 nitrogen and oxygen atoms in total. The van der Waals surface area contributed by atoms with Crippen molar-refractivity contribution in [1.29, 1.82) is 0 Å². The van der Waals surface area contributed by atoms with Crippen molar-refractivity contribution >= 4 is 46.6 Å². The Bertz CT molecular complexity index is 1230. The summed E-state index contributed by atoms with van der Waals surface area (Å²) in [6, 6.07) is 17.5. The van der Waals surface area contributed by atoms with Crippen molar-refractivity contribution in [3.63, 3.8) is 0 Å². The first-order valence-corrected chi connectivity index (χ1v) is 13.2. The van der Waals surface area contributed by atoms with Crippen LogP contribution in [0.2, 0.25) is 15.1 Å². The Morgan fingerprint density at radius 2 is 1.54 bits per heavy atom. The lowest BCUT2D eigenvalue weighted by atomic mass is 10.0. The molecule has 3 aromatic rings. The average molecular weight is 562 g/mol. The van der Waals surface area contributed by atoms with E-state index in [1.807, 2.05) is 58.0 Å². The van der Waals surface area contributed by atoms with Gasteiger partial charge in [0.25, 0.3) is 5.91 Å². The normalized spacial score (nSPS) is 11.8. The number of halogens is 3. The molecule has 1 atom stereocenters. The van der Waals surface area contributed by atoms with Crippen LogP contribution in [0.1, 0.15) is 36.1 Å². The van der Waals surface area contributed by atoms with Gasteiger partial charge in [-0.2, -0.15) is 0 Å². The predicted octanol–water partition coefficient (Wildman–Crippen LogP) is 6.81. The molecular formula is C29H31Cl3N2O3. The lowest BCUT2D eigenvalue weighted by Gasteiger charge is -2.32. The van der Waals surface area contributed by atoms with E-state index in [9.17, 15) is 9.59 Å². The number of hydrogen-bond donors (Lipinski definition) is 1. The Kier molecular flexibility index (Phi) is 10.3. The van der Waals surface area contributed by atoms with Crippen molar-refractivity contribution in [3.8, 4) is 5.75 Å². The lowest BCUT2D eigenvalue weighted by molar-refractivity contribution is -0.143. The number of ether oxygens (including phenoxy) is 1. The number of benzene rings is 3. The number of nitrogens with one attached hydrogen (secondary N) is 1. The molecule has 3 aromatic carbocycles. The van der Waals surface area contributed by atoms with Crippen LogP contribution in [0, 0.1) is 13.8 Å². The summed E-state index contributed by atoms with van der Waals surface area (Å²) in [5.74, 6) is -0.0462. The van der Waals surface area contributed by atoms with E-state index < -0.39 is 6.04 Å². The molecule has 0 bridgehead atoms. The summed E-state index contributed by atoms with van der Waals surface area (Å²) in [7, 11) is 0. The predicted molar refractivity (Wildman–Crippen MR) is 151 cm³/mol. The smallest absolute Gasteiger partial charge is 0.261 e. The molecule has 0 spiro atoms. The van der Waals surface area contributed by atoms with Crippen LogP contribution in [-0.4, -0.2) is 35.4 Å². The molecule has 0 radical (unpaired) electrons. The maximum absolute atomic E-state index is 13.7. The minimum absolute atomic E-state index is 0.0935. The highest BCUT2D eigenvalue weighted by Gasteiger charge is 2.31. The van der Waals surface area contributed by atoms with Crippen LogP contribution < -0.4 is 10.1 Å². The summed E-state index contributed by atoms with van der Waals surface area (Å²) < 4.78 is 5.88. The highest BCUT2D eigenvalue weighted by molar-refractivity contribution is 6.42. The number of hydrogen-bond acceptors (Lipinski definition) is 3. The standard InChI is InChI=1S/C29H31Cl3N2O3/c1-18(2)33-29(36)26(15-21-8-6-5-7-9-21)34(16-22-10-11-24(30)25(31)14-22)27(35)17-37-23-12-19(3)28(32)20(4)13-23/h5-14,18,26H,15-17H2,1-4H3,(H,33,36)/t26-/m0/s1. The first kappa shape index (κ1) is 28.8. The molecule has 196 valence electrons. The van der Waals surface area contributed by atoms with Gasteiger partial charge in [0.2, 0.25) is 5.91 Å². The second kappa shape index (κ2) is 13.2. The fourth-order valence-electron chi connectivity index (χ4n) is 3.99. The third-order valence-electron chi connectivity index (χ3n) is 5.81. The van der Waals surface area contributed by atoms with Gasteiger partial charge in [-0.05, 0) is 74.2 Å². The molecule has 37 heavy (non-hydrogen) atoms. The van der Waals surface area contributed by atoms with E-state index in [2.05, 4.69) is 5.32 Å². The Labute approximate surface area is 233 Å². The van der Waals surface area contributed by atoms with Gasteiger partial charge >= 0.3 is 0 Å². The van der Waals surface area contributed by atoms with Gasteiger partial charge in [-0.1, -0.05) is 71.2 Å². The second-order valence-electron chi connectivity index (χ2n) is 9.30. The number of amides is 2. The number of carbonyl (C=O) groups is 2. The molecular weight excluding hydrogens is 531 g/mol. The van der Waals surface area contributed by atoms with Gasteiger partial charge in [0.05, 0.1) is 10.0 Å². The third-order valence-corrected chi connectivity index (χ3v) is 7.15. The van der Waals surface area contributed by atoms with Crippen molar-refractivity contribution in [1.82, 2.24) is 10.2 Å². The molecule has 3 rings (SSSR count). The molecule has 0 saturated carbocycles. The van der Waals surface area contributed by atoms with E-state index in [0.29, 0.717) is 27.2 Å². The molecule has 0 saturated heterocycles. The van der Waals surface area contributed by atoms with Crippen molar-refractivity contribution in [2.75, 3.05) is 6.61 Å². The average Bonchev–Trinajstić information content (AvgIpc) is 2.85. The largest absolute Gasteiger partial charge is 0.484 e. The zero-order valence-electron chi connectivity index (χ0n) is 21.4. The maximum Gasteiger partial charge on any atom is 0.261 e. The van der Waals surface area contributed by atoms with E-state index in [4.69, 9.17) is 39.5 Å². The fraction of sp³-hybridized carbons (Fsp3) is 0.310. The molecule has 0 aliphatic heterocycles. The summed E-state index contributed by atoms with van der Waals surface area (Å²) in [6.45, 7) is 7.44. The Hall–Kier alpha value is -2.73. The highest BCUT2D eigenvalue weighted by atomic mass is 35.5. The minimum atomic E-state index is -0.774. The zero-order chi connectivity index (χ0) is 27.1. The molecule has 0 fully saturated rings. The highest BCUT2D eigenvalue weighted by Crippen LogP contribution is 2.27. The van der Waals surface area contributed by atoms with Gasteiger partial charge in [0.15, 0.2) is 6.61 Å². The molecule has 0 aromatic heterocycles. The summed E-state index contributed by atoms with van der Waals surface area (Å²) in [6.07, 6.45) is 0.339. The molecule has 0 aliphatic carbocycles. The second-order valence-corrected chi connectivity index (χ2v) is 10.5. The van der Waals surface area contributed by atoms with E-state index in [0.717, 1.165) is 22.3 Å². The number of nitrogens with zero attached hydrogens (tertiary/aromatic N) is 1. The maximum atomic E-state index is 13.7. The minimum Gasteiger partial charge on any atom is -0.484 e. The molecule has 8 heteroatoms. The molecule has 2 amide bonds. The Morgan fingerprint density at radius 1 is 0.892 bits per heavy atom. The van der Waals surface area contributed by atoms with E-state index in [-0.39, 0.29) is 31.0 Å². The van der Waals surface area contributed by atoms with Crippen molar-refractivity contribution in [3.05, 3.63) is 98.0 Å². The van der Waals surface area contributed by atoms with Crippen molar-refractivity contribution in [2.45, 2.75) is 52.7 Å². The summed E-state index contributed by atoms with van der Waals surface area (Å²) >= 11 is 18.6. The van der Waals surface area contributed by atoms with Crippen LogP contribution in [0.25, 0.3) is 0 Å². The SMILES string of the molecule is Cc1cc(OCC(=O)N(Cc2ccc(Cl)c(Cl)c2)[C@@H](Cc2ccccc2)C(=O)NC(C)C)cc(C)c1Cl. The van der Waals surface area contributed by atoms with Crippen LogP contribution in [0.4, 0.5) is 0 Å². The molecule has 0 heterocycles. The van der Waals surface area contributed by atoms with Gasteiger partial charge in [-0.3, -0.25) is 9.59 Å². The molecule has 0 unspecified atom stereocenters. The number of aryl methyl sites for hydroxylation is 2. The van der Waals surface area contributed by atoms with Gasteiger partial charge in [0.1, 0.15) is 11.8 Å². The number of rotatable bonds is 10. The van der Waals surface area contributed by atoms with Gasteiger partial charge in [0, 0.05) is 24.0 Å². The first-order valence-electron chi connectivity index (χ1n) is 12.0. The summed E-state index contributed by atoms with van der Waals surface area (Å²) in [5, 5.41) is 4.42. The van der Waals surface area contributed by atoms with Crippen LogP contribution in [-0.2, 0) is 22.6 Å². The Morgan fingerprint density at radius 3 is 2.14 bits per heavy atom.